The van der Waals surface area contributed by atoms with Crippen LogP contribution in [0.2, 0.25) is 0 Å². The van der Waals surface area contributed by atoms with Crippen molar-refractivity contribution < 1.29 is 13.6 Å². The van der Waals surface area contributed by atoms with Gasteiger partial charge in [0.25, 0.3) is 18.6 Å². The van der Waals surface area contributed by atoms with Crippen LogP contribution in [0, 0.1) is 0 Å². The second-order valence-corrected chi connectivity index (χ2v) is 6.26. The van der Waals surface area contributed by atoms with Gasteiger partial charge in [0.15, 0.2) is 0 Å². The molecule has 102 valence electrons. The summed E-state index contributed by atoms with van der Waals surface area (Å²) in [6.07, 6.45) is 3.51. The fourth-order valence-electron chi connectivity index (χ4n) is 3.81. The van der Waals surface area contributed by atoms with Gasteiger partial charge in [0.2, 0.25) is 0 Å². The van der Waals surface area contributed by atoms with Crippen LogP contribution < -0.4 is 21.1 Å². The lowest BCUT2D eigenvalue weighted by Gasteiger charge is -2.36. The quantitative estimate of drug-likeness (QED) is 0.461. The minimum atomic E-state index is -0.0885. The molecule has 0 fully saturated rings. The average Bonchev–Trinajstić information content (AvgIpc) is 3.10. The molecule has 21 heavy (non-hydrogen) atoms. The molecule has 0 saturated heterocycles. The van der Waals surface area contributed by atoms with E-state index in [1.807, 2.05) is 12.3 Å². The number of hydrogen-bond donors (Lipinski definition) is 0. The zero-order valence-electron chi connectivity index (χ0n) is 11.8. The molecule has 0 bridgehead atoms. The molecule has 0 atom stereocenters. The second kappa shape index (κ2) is 3.45. The Balaban J connectivity index is 1.92. The molecule has 2 aromatic heterocycles. The van der Waals surface area contributed by atoms with Crippen molar-refractivity contribution in [1.29, 1.82) is 0 Å². The summed E-state index contributed by atoms with van der Waals surface area (Å²) in [5.74, 6) is 1.11. The normalized spacial score (nSPS) is 16.8. The van der Waals surface area contributed by atoms with Crippen molar-refractivity contribution in [3.8, 4) is 11.9 Å². The van der Waals surface area contributed by atoms with Crippen LogP contribution in [0.15, 0.2) is 51.7 Å². The van der Waals surface area contributed by atoms with Crippen molar-refractivity contribution >= 4 is 23.1 Å². The monoisotopic (exact) mass is 276 g/mol. The Morgan fingerprint density at radius 1 is 0.905 bits per heavy atom. The Morgan fingerprint density at radius 3 is 2.67 bits per heavy atom. The molecule has 3 nitrogen and oxygen atoms in total. The summed E-state index contributed by atoms with van der Waals surface area (Å²) in [5, 5.41) is 0. The molecule has 2 aliphatic heterocycles. The summed E-state index contributed by atoms with van der Waals surface area (Å²) in [6.45, 7) is 4.61. The lowest BCUT2D eigenvalue weighted by molar-refractivity contribution is 0.283. The van der Waals surface area contributed by atoms with E-state index < -0.39 is 0 Å². The van der Waals surface area contributed by atoms with E-state index in [9.17, 15) is 0 Å². The predicted molar refractivity (Wildman–Crippen MR) is 80.7 cm³/mol. The molecule has 0 aliphatic carbocycles. The first-order valence-electron chi connectivity index (χ1n) is 7.14. The smallest absolute Gasteiger partial charge is 0.287 e. The maximum atomic E-state index is 5.78. The SMILES string of the molecule is CC1(C)c2ccccc2B2c3ccoc3Oc3occ1c32. The maximum absolute atomic E-state index is 5.78. The summed E-state index contributed by atoms with van der Waals surface area (Å²) in [6, 6.07) is 10.6. The molecule has 4 heteroatoms. The third-order valence-electron chi connectivity index (χ3n) is 4.86. The molecule has 1 aromatic carbocycles. The lowest BCUT2D eigenvalue weighted by atomic mass is 9.32. The first-order chi connectivity index (χ1) is 10.2. The molecule has 5 rings (SSSR count). The first kappa shape index (κ1) is 11.3. The molecular weight excluding hydrogens is 263 g/mol. The summed E-state index contributed by atoms with van der Waals surface area (Å²) in [7, 11) is 0. The van der Waals surface area contributed by atoms with Crippen molar-refractivity contribution in [2.75, 3.05) is 0 Å². The van der Waals surface area contributed by atoms with Crippen molar-refractivity contribution in [3.05, 3.63) is 54.0 Å². The number of benzene rings is 1. The molecule has 0 N–H and O–H groups in total. The highest BCUT2D eigenvalue weighted by molar-refractivity contribution is 6.97. The maximum Gasteiger partial charge on any atom is 0.287 e. The Kier molecular flexibility index (Phi) is 1.86. The van der Waals surface area contributed by atoms with Crippen LogP contribution in [0.1, 0.15) is 25.0 Å². The number of rotatable bonds is 0. The van der Waals surface area contributed by atoms with Gasteiger partial charge in [0, 0.05) is 16.3 Å². The van der Waals surface area contributed by atoms with E-state index in [2.05, 4.69) is 38.1 Å². The van der Waals surface area contributed by atoms with Gasteiger partial charge in [-0.25, -0.2) is 0 Å². The highest BCUT2D eigenvalue weighted by Gasteiger charge is 2.47. The van der Waals surface area contributed by atoms with Gasteiger partial charge in [0.1, 0.15) is 0 Å². The van der Waals surface area contributed by atoms with Crippen molar-refractivity contribution in [3.63, 3.8) is 0 Å². The fourth-order valence-corrected chi connectivity index (χ4v) is 3.81. The van der Waals surface area contributed by atoms with Crippen molar-refractivity contribution in [2.45, 2.75) is 19.3 Å². The Bertz CT molecular complexity index is 872. The fraction of sp³-hybridized carbons (Fsp3) is 0.176. The van der Waals surface area contributed by atoms with E-state index in [4.69, 9.17) is 13.6 Å². The molecular formula is C17H13BO3. The second-order valence-electron chi connectivity index (χ2n) is 6.26. The predicted octanol–water partition coefficient (Wildman–Crippen LogP) is 2.13. The average molecular weight is 276 g/mol. The molecule has 0 saturated carbocycles. The van der Waals surface area contributed by atoms with Crippen LogP contribution in [0.25, 0.3) is 0 Å². The zero-order chi connectivity index (χ0) is 14.2. The van der Waals surface area contributed by atoms with Crippen LogP contribution in [0.3, 0.4) is 0 Å². The van der Waals surface area contributed by atoms with Gasteiger partial charge >= 0.3 is 0 Å². The van der Waals surface area contributed by atoms with E-state index in [-0.39, 0.29) is 12.1 Å². The Morgan fingerprint density at radius 2 is 1.76 bits per heavy atom. The molecule has 4 heterocycles. The third-order valence-corrected chi connectivity index (χ3v) is 4.86. The highest BCUT2D eigenvalue weighted by Crippen LogP contribution is 2.39. The third kappa shape index (κ3) is 1.21. The van der Waals surface area contributed by atoms with Crippen LogP contribution in [0.4, 0.5) is 0 Å². The minimum Gasteiger partial charge on any atom is -0.434 e. The molecule has 0 unspecified atom stereocenters. The number of furan rings is 2. The van der Waals surface area contributed by atoms with E-state index >= 15 is 0 Å². The van der Waals surface area contributed by atoms with E-state index in [1.54, 1.807) is 6.26 Å². The van der Waals surface area contributed by atoms with Gasteiger partial charge in [-0.15, -0.1) is 0 Å². The zero-order valence-corrected chi connectivity index (χ0v) is 11.8. The van der Waals surface area contributed by atoms with Crippen LogP contribution in [-0.4, -0.2) is 6.71 Å². The Labute approximate surface area is 122 Å². The number of fused-ring (bicyclic) bond motifs is 4. The lowest BCUT2D eigenvalue weighted by Crippen LogP contribution is -2.61. The molecule has 0 radical (unpaired) electrons. The molecule has 0 amide bonds. The summed E-state index contributed by atoms with van der Waals surface area (Å²) >= 11 is 0. The summed E-state index contributed by atoms with van der Waals surface area (Å²) < 4.78 is 16.9. The van der Waals surface area contributed by atoms with Crippen molar-refractivity contribution in [1.82, 2.24) is 0 Å². The van der Waals surface area contributed by atoms with Gasteiger partial charge < -0.3 is 13.6 Å². The van der Waals surface area contributed by atoms with Crippen LogP contribution in [-0.2, 0) is 5.41 Å². The van der Waals surface area contributed by atoms with Gasteiger partial charge in [-0.05, 0) is 17.2 Å². The van der Waals surface area contributed by atoms with Gasteiger partial charge in [-0.1, -0.05) is 43.6 Å². The van der Waals surface area contributed by atoms with Gasteiger partial charge in [-0.2, -0.15) is 0 Å². The molecule has 3 aromatic rings. The highest BCUT2D eigenvalue weighted by atomic mass is 16.6. The Hall–Kier alpha value is -2.36. The standard InChI is InChI=1S/C17H13BO3/c1-17(2)10-5-3-4-6-12(10)18-13-7-8-19-15(13)21-16-14(18)11(17)9-20-16/h3-9H,1-2H3. The van der Waals surface area contributed by atoms with Crippen LogP contribution >= 0.6 is 0 Å². The molecule has 2 aliphatic rings. The molecule has 0 spiro atoms. The van der Waals surface area contributed by atoms with Gasteiger partial charge in [-0.3, -0.25) is 0 Å². The van der Waals surface area contributed by atoms with E-state index in [0.29, 0.717) is 11.9 Å². The number of ether oxygens (including phenoxy) is 1. The largest absolute Gasteiger partial charge is 0.434 e. The van der Waals surface area contributed by atoms with E-state index in [1.165, 1.54) is 16.6 Å². The topological polar surface area (TPSA) is 35.5 Å². The summed E-state index contributed by atoms with van der Waals surface area (Å²) in [5.41, 5.74) is 5.98. The summed E-state index contributed by atoms with van der Waals surface area (Å²) in [4.78, 5) is 0. The first-order valence-corrected chi connectivity index (χ1v) is 7.14. The van der Waals surface area contributed by atoms with Gasteiger partial charge in [0.05, 0.1) is 12.5 Å². The minimum absolute atomic E-state index is 0.0885. The van der Waals surface area contributed by atoms with Crippen molar-refractivity contribution in [2.24, 2.45) is 0 Å². The van der Waals surface area contributed by atoms with E-state index in [0.717, 1.165) is 10.9 Å². The van der Waals surface area contributed by atoms with Crippen LogP contribution in [0.5, 0.6) is 11.9 Å². The number of hydrogen-bond acceptors (Lipinski definition) is 3.